The zero-order chi connectivity index (χ0) is 13.1. The maximum atomic E-state index is 11.5. The zero-order valence-electron chi connectivity index (χ0n) is 9.20. The fourth-order valence-electron chi connectivity index (χ4n) is 1.55. The number of hydrogen-bond donors (Lipinski definition) is 2. The summed E-state index contributed by atoms with van der Waals surface area (Å²) in [6.07, 6.45) is 0.369. The third-order valence-electron chi connectivity index (χ3n) is 2.37. The van der Waals surface area contributed by atoms with Gasteiger partial charge in [-0.2, -0.15) is 0 Å². The first-order chi connectivity index (χ1) is 8.56. The number of non-ortho nitro benzene ring substituents is 1. The van der Waals surface area contributed by atoms with Crippen LogP contribution in [0.15, 0.2) is 29.4 Å². The fourth-order valence-corrected chi connectivity index (χ4v) is 2.38. The second-order valence-corrected chi connectivity index (χ2v) is 4.89. The summed E-state index contributed by atoms with van der Waals surface area (Å²) in [5.41, 5.74) is 8.54. The average Bonchev–Trinajstić information content (AvgIpc) is 2.34. The highest BCUT2D eigenvalue weighted by Gasteiger charge is 2.25. The molecule has 0 saturated carbocycles. The second-order valence-electron chi connectivity index (χ2n) is 3.66. The molecule has 1 aromatic rings. The van der Waals surface area contributed by atoms with Crippen LogP contribution < -0.4 is 11.2 Å². The topological polar surface area (TPSA) is 111 Å². The van der Waals surface area contributed by atoms with E-state index >= 15 is 0 Å². The Balaban J connectivity index is 2.14. The number of carbonyl (C=O) groups is 1. The number of nitro benzene ring substituents is 1. The molecule has 3 N–H and O–H groups in total. The normalized spacial score (nSPS) is 19.0. The van der Waals surface area contributed by atoms with E-state index in [1.54, 1.807) is 12.1 Å². The van der Waals surface area contributed by atoms with Crippen molar-refractivity contribution in [1.29, 1.82) is 0 Å². The Morgan fingerprint density at radius 1 is 1.56 bits per heavy atom. The summed E-state index contributed by atoms with van der Waals surface area (Å²) >= 11 is 1.15. The highest BCUT2D eigenvalue weighted by atomic mass is 32.2. The number of nitrogens with one attached hydrogen (secondary N) is 1. The van der Waals surface area contributed by atoms with Gasteiger partial charge in [-0.05, 0) is 12.0 Å². The van der Waals surface area contributed by atoms with Gasteiger partial charge < -0.3 is 5.73 Å². The van der Waals surface area contributed by atoms with Gasteiger partial charge >= 0.3 is 0 Å². The van der Waals surface area contributed by atoms with E-state index in [1.165, 1.54) is 12.1 Å². The molecule has 0 aromatic heterocycles. The van der Waals surface area contributed by atoms with Crippen LogP contribution in [0.5, 0.6) is 0 Å². The van der Waals surface area contributed by atoms with E-state index in [0.29, 0.717) is 12.0 Å². The molecule has 18 heavy (non-hydrogen) atoms. The number of rotatable bonds is 3. The molecule has 1 aromatic carbocycles. The van der Waals surface area contributed by atoms with Crippen molar-refractivity contribution in [3.63, 3.8) is 0 Å². The summed E-state index contributed by atoms with van der Waals surface area (Å²) in [5.74, 6) is -0.249. The second kappa shape index (κ2) is 5.05. The molecule has 0 aliphatic carbocycles. The van der Waals surface area contributed by atoms with E-state index < -0.39 is 10.2 Å². The van der Waals surface area contributed by atoms with Crippen LogP contribution in [-0.2, 0) is 11.2 Å². The summed E-state index contributed by atoms with van der Waals surface area (Å²) < 4.78 is 0. The van der Waals surface area contributed by atoms with E-state index in [2.05, 4.69) is 10.5 Å². The Kier molecular flexibility index (Phi) is 3.47. The quantitative estimate of drug-likeness (QED) is 0.614. The number of amidine groups is 1. The molecule has 0 fully saturated rings. The lowest BCUT2D eigenvalue weighted by Gasteiger charge is -2.18. The Morgan fingerprint density at radius 2 is 2.33 bits per heavy atom. The van der Waals surface area contributed by atoms with E-state index in [9.17, 15) is 14.9 Å². The average molecular weight is 266 g/mol. The molecular weight excluding hydrogens is 256 g/mol. The number of nitrogens with two attached hydrogens (primary N) is 1. The van der Waals surface area contributed by atoms with Crippen molar-refractivity contribution in [3.05, 3.63) is 39.9 Å². The van der Waals surface area contributed by atoms with Crippen LogP contribution >= 0.6 is 11.8 Å². The Bertz CT molecular complexity index is 532. The van der Waals surface area contributed by atoms with Gasteiger partial charge in [0.1, 0.15) is 0 Å². The monoisotopic (exact) mass is 266 g/mol. The first-order valence-corrected chi connectivity index (χ1v) is 5.97. The van der Waals surface area contributed by atoms with Crippen molar-refractivity contribution >= 4 is 28.5 Å². The third-order valence-corrected chi connectivity index (χ3v) is 3.37. The number of hydrazone groups is 1. The van der Waals surface area contributed by atoms with Gasteiger partial charge in [0.25, 0.3) is 11.6 Å². The largest absolute Gasteiger partial charge is 0.377 e. The van der Waals surface area contributed by atoms with E-state index in [0.717, 1.165) is 11.8 Å². The van der Waals surface area contributed by atoms with Crippen LogP contribution in [-0.4, -0.2) is 21.2 Å². The van der Waals surface area contributed by atoms with Gasteiger partial charge in [-0.15, -0.1) is 5.10 Å². The van der Waals surface area contributed by atoms with Crippen molar-refractivity contribution in [2.75, 3.05) is 0 Å². The summed E-state index contributed by atoms with van der Waals surface area (Å²) in [7, 11) is 0. The highest BCUT2D eigenvalue weighted by Crippen LogP contribution is 2.21. The van der Waals surface area contributed by atoms with Gasteiger partial charge in [-0.1, -0.05) is 23.9 Å². The molecule has 0 spiro atoms. The number of thioether (sulfide) groups is 1. The van der Waals surface area contributed by atoms with Crippen molar-refractivity contribution in [2.45, 2.75) is 11.7 Å². The Hall–Kier alpha value is -2.09. The van der Waals surface area contributed by atoms with Gasteiger partial charge in [-0.25, -0.2) is 5.43 Å². The van der Waals surface area contributed by atoms with E-state index in [4.69, 9.17) is 5.73 Å². The lowest BCUT2D eigenvalue weighted by molar-refractivity contribution is -0.384. The minimum atomic E-state index is -0.465. The zero-order valence-corrected chi connectivity index (χ0v) is 10.0. The molecule has 0 bridgehead atoms. The lowest BCUT2D eigenvalue weighted by Crippen LogP contribution is -2.38. The predicted molar refractivity (Wildman–Crippen MR) is 67.9 cm³/mol. The van der Waals surface area contributed by atoms with Gasteiger partial charge in [0.2, 0.25) is 0 Å². The summed E-state index contributed by atoms with van der Waals surface area (Å²) in [6.45, 7) is 0. The summed E-state index contributed by atoms with van der Waals surface area (Å²) in [5, 5.41) is 14.1. The van der Waals surface area contributed by atoms with Crippen LogP contribution in [0.3, 0.4) is 0 Å². The maximum absolute atomic E-state index is 11.5. The molecule has 1 atom stereocenters. The highest BCUT2D eigenvalue weighted by molar-refractivity contribution is 8.15. The first kappa shape index (κ1) is 12.4. The molecule has 8 heteroatoms. The number of nitro groups is 1. The molecule has 0 unspecified atom stereocenters. The summed E-state index contributed by atoms with van der Waals surface area (Å²) in [6, 6.07) is 6.20. The van der Waals surface area contributed by atoms with Gasteiger partial charge in [-0.3, -0.25) is 14.9 Å². The standard InChI is InChI=1S/C10H10N4O3S/c11-10-13-12-9(15)8(18-10)5-6-2-1-3-7(4-6)14(16)17/h1-4,8H,5H2,(H2,11,13)(H,12,15)/t8-/m0/s1. The molecule has 1 amide bonds. The number of amides is 1. The van der Waals surface area contributed by atoms with E-state index in [-0.39, 0.29) is 16.8 Å². The van der Waals surface area contributed by atoms with Crippen molar-refractivity contribution < 1.29 is 9.72 Å². The molecule has 0 radical (unpaired) electrons. The third kappa shape index (κ3) is 2.77. The summed E-state index contributed by atoms with van der Waals surface area (Å²) in [4.78, 5) is 21.7. The van der Waals surface area contributed by atoms with Crippen LogP contribution in [0, 0.1) is 10.1 Å². The molecule has 2 rings (SSSR count). The smallest absolute Gasteiger partial charge is 0.269 e. The SMILES string of the molecule is NC1=NNC(=O)[C@H](Cc2cccc([N+](=O)[O-])c2)S1. The molecule has 1 aliphatic rings. The number of hydrogen-bond acceptors (Lipinski definition) is 6. The first-order valence-electron chi connectivity index (χ1n) is 5.09. The number of benzene rings is 1. The minimum Gasteiger partial charge on any atom is -0.377 e. The lowest BCUT2D eigenvalue weighted by atomic mass is 10.1. The van der Waals surface area contributed by atoms with Crippen LogP contribution in [0.1, 0.15) is 5.56 Å². The molecule has 94 valence electrons. The number of carbonyl (C=O) groups excluding carboxylic acids is 1. The van der Waals surface area contributed by atoms with Crippen molar-refractivity contribution in [1.82, 2.24) is 5.43 Å². The predicted octanol–water partition coefficient (Wildman–Crippen LogP) is 0.599. The van der Waals surface area contributed by atoms with E-state index in [1.807, 2.05) is 0 Å². The Labute approximate surface area is 107 Å². The van der Waals surface area contributed by atoms with Gasteiger partial charge in [0, 0.05) is 12.1 Å². The molecule has 1 heterocycles. The van der Waals surface area contributed by atoms with Crippen LogP contribution in [0.25, 0.3) is 0 Å². The van der Waals surface area contributed by atoms with Gasteiger partial charge in [0.05, 0.1) is 10.2 Å². The maximum Gasteiger partial charge on any atom is 0.269 e. The van der Waals surface area contributed by atoms with Crippen molar-refractivity contribution in [3.8, 4) is 0 Å². The molecule has 0 saturated heterocycles. The van der Waals surface area contributed by atoms with Crippen LogP contribution in [0.2, 0.25) is 0 Å². The van der Waals surface area contributed by atoms with Gasteiger partial charge in [0.15, 0.2) is 5.17 Å². The van der Waals surface area contributed by atoms with Crippen molar-refractivity contribution in [2.24, 2.45) is 10.8 Å². The molecule has 1 aliphatic heterocycles. The van der Waals surface area contributed by atoms with Crippen LogP contribution in [0.4, 0.5) is 5.69 Å². The minimum absolute atomic E-state index is 0.00959. The molecule has 7 nitrogen and oxygen atoms in total. The Morgan fingerprint density at radius 3 is 3.06 bits per heavy atom. The fraction of sp³-hybridized carbons (Fsp3) is 0.200. The number of nitrogens with zero attached hydrogens (tertiary/aromatic N) is 2. The molecular formula is C10H10N4O3S.